The van der Waals surface area contributed by atoms with Crippen molar-refractivity contribution in [3.8, 4) is 11.6 Å². The third-order valence-electron chi connectivity index (χ3n) is 10.1. The summed E-state index contributed by atoms with van der Waals surface area (Å²) in [5, 5.41) is 2.82. The van der Waals surface area contributed by atoms with E-state index in [0.717, 1.165) is 6.42 Å². The van der Waals surface area contributed by atoms with Gasteiger partial charge in [-0.15, -0.1) is 0 Å². The standard InChI is InChI=1S/C37H52F2N4O7/c1-20(2)19-48-34(45)29-22(4)28-18-43(29)33(44)31(36(5,6)7)42-35(46)50-27-16-21(3)15-23(27)11-9-10-14-37(38,39)30-32(49-28)41-26-17-24(47-8)12-13-25(26)40-30/h12-13,17,20-23,27-29,31H,9-11,14-16,18-19H2,1-8H3,(H,42,46)/t21-,22-,23-,27-,28+,29+,31-/m1/s1. The van der Waals surface area contributed by atoms with Gasteiger partial charge in [-0.05, 0) is 61.0 Å². The summed E-state index contributed by atoms with van der Waals surface area (Å²) in [4.78, 5) is 51.8. The SMILES string of the molecule is COc1ccc2nc3c(nc2c1)O[C@H]1CN(C(=O)[C@H](C(C)(C)C)NC(=O)O[C@@H]2C[C@H](C)C[C@H]2CCCCC3(F)F)[C@H](C(=O)OCC(C)C)[C@@H]1C. The molecule has 0 radical (unpaired) electrons. The minimum Gasteiger partial charge on any atom is -0.497 e. The molecule has 13 heteroatoms. The number of alkyl carbamates (subject to hydrolysis) is 1. The molecule has 2 bridgehead atoms. The molecule has 0 unspecified atom stereocenters. The van der Waals surface area contributed by atoms with E-state index < -0.39 is 71.6 Å². The lowest BCUT2D eigenvalue weighted by Gasteiger charge is -2.35. The molecule has 2 aliphatic heterocycles. The Morgan fingerprint density at radius 1 is 1.08 bits per heavy atom. The van der Waals surface area contributed by atoms with Crippen LogP contribution in [0.2, 0.25) is 0 Å². The van der Waals surface area contributed by atoms with E-state index in [9.17, 15) is 14.4 Å². The number of benzene rings is 1. The van der Waals surface area contributed by atoms with Crippen molar-refractivity contribution in [2.75, 3.05) is 20.3 Å². The van der Waals surface area contributed by atoms with Crippen LogP contribution in [0.3, 0.4) is 0 Å². The number of rotatable bonds is 4. The van der Waals surface area contributed by atoms with E-state index in [4.69, 9.17) is 18.9 Å². The molecule has 276 valence electrons. The van der Waals surface area contributed by atoms with Crippen LogP contribution in [0.4, 0.5) is 13.6 Å². The molecule has 1 aliphatic carbocycles. The average Bonchev–Trinajstić information content (AvgIpc) is 3.56. The zero-order chi connectivity index (χ0) is 36.5. The molecule has 11 nitrogen and oxygen atoms in total. The monoisotopic (exact) mass is 702 g/mol. The molecular weight excluding hydrogens is 650 g/mol. The van der Waals surface area contributed by atoms with E-state index >= 15 is 8.78 Å². The van der Waals surface area contributed by atoms with Gasteiger partial charge in [-0.25, -0.2) is 19.6 Å². The number of halogens is 2. The quantitative estimate of drug-likeness (QED) is 0.348. The van der Waals surface area contributed by atoms with Crippen molar-refractivity contribution in [2.45, 2.75) is 117 Å². The van der Waals surface area contributed by atoms with Crippen molar-refractivity contribution in [1.29, 1.82) is 0 Å². The van der Waals surface area contributed by atoms with Crippen LogP contribution in [0.15, 0.2) is 18.2 Å². The highest BCUT2D eigenvalue weighted by atomic mass is 19.3. The third-order valence-corrected chi connectivity index (χ3v) is 10.1. The molecule has 2 fully saturated rings. The fourth-order valence-electron chi connectivity index (χ4n) is 7.40. The first-order valence-electron chi connectivity index (χ1n) is 17.8. The van der Waals surface area contributed by atoms with Gasteiger partial charge < -0.3 is 29.2 Å². The van der Waals surface area contributed by atoms with Gasteiger partial charge in [-0.2, -0.15) is 8.78 Å². The Labute approximate surface area is 293 Å². The number of carbonyl (C=O) groups excluding carboxylic acids is 3. The van der Waals surface area contributed by atoms with Crippen LogP contribution in [-0.4, -0.2) is 77.4 Å². The second-order valence-corrected chi connectivity index (χ2v) is 15.9. The third kappa shape index (κ3) is 8.23. The van der Waals surface area contributed by atoms with Gasteiger partial charge in [-0.1, -0.05) is 54.9 Å². The lowest BCUT2D eigenvalue weighted by Crippen LogP contribution is -2.57. The molecular formula is C37H52F2N4O7. The van der Waals surface area contributed by atoms with Crippen LogP contribution in [0.1, 0.15) is 92.7 Å². The van der Waals surface area contributed by atoms with Gasteiger partial charge in [0, 0.05) is 18.4 Å². The molecule has 1 aromatic carbocycles. The van der Waals surface area contributed by atoms with Crippen molar-refractivity contribution in [1.82, 2.24) is 20.2 Å². The number of carbonyl (C=O) groups is 3. The number of esters is 1. The Morgan fingerprint density at radius 3 is 2.50 bits per heavy atom. The van der Waals surface area contributed by atoms with E-state index in [-0.39, 0.29) is 42.8 Å². The molecule has 5 rings (SSSR count). The Morgan fingerprint density at radius 2 is 1.82 bits per heavy atom. The van der Waals surface area contributed by atoms with Gasteiger partial charge in [0.25, 0.3) is 5.92 Å². The summed E-state index contributed by atoms with van der Waals surface area (Å²) >= 11 is 0. The van der Waals surface area contributed by atoms with Gasteiger partial charge >= 0.3 is 12.1 Å². The predicted molar refractivity (Wildman–Crippen MR) is 182 cm³/mol. The van der Waals surface area contributed by atoms with Crippen molar-refractivity contribution in [3.63, 3.8) is 0 Å². The number of hydrogen-bond donors (Lipinski definition) is 1. The summed E-state index contributed by atoms with van der Waals surface area (Å²) in [6, 6.07) is 2.60. The molecule has 0 spiro atoms. The molecule has 2 aromatic rings. The number of ether oxygens (including phenoxy) is 4. The second kappa shape index (κ2) is 14.8. The molecule has 1 N–H and O–H groups in total. The number of aromatic nitrogens is 2. The van der Waals surface area contributed by atoms with Gasteiger partial charge in [0.15, 0.2) is 5.69 Å². The van der Waals surface area contributed by atoms with Crippen LogP contribution >= 0.6 is 0 Å². The molecule has 50 heavy (non-hydrogen) atoms. The second-order valence-electron chi connectivity index (χ2n) is 15.9. The number of alkyl halides is 2. The molecule has 1 aromatic heterocycles. The highest BCUT2D eigenvalue weighted by Crippen LogP contribution is 2.42. The average molecular weight is 703 g/mol. The van der Waals surface area contributed by atoms with Gasteiger partial charge in [0.1, 0.15) is 30.0 Å². The predicted octanol–water partition coefficient (Wildman–Crippen LogP) is 6.65. The van der Waals surface area contributed by atoms with E-state index in [0.29, 0.717) is 36.4 Å². The largest absolute Gasteiger partial charge is 0.497 e. The summed E-state index contributed by atoms with van der Waals surface area (Å²) in [5.41, 5.74) is -0.830. The number of hydrogen-bond acceptors (Lipinski definition) is 9. The highest BCUT2D eigenvalue weighted by molar-refractivity contribution is 5.91. The van der Waals surface area contributed by atoms with Crippen LogP contribution in [0.5, 0.6) is 11.6 Å². The number of fused-ring (bicyclic) bond motifs is 5. The van der Waals surface area contributed by atoms with Crippen LogP contribution < -0.4 is 14.8 Å². The zero-order valence-corrected chi connectivity index (χ0v) is 30.5. The van der Waals surface area contributed by atoms with Crippen LogP contribution in [-0.2, 0) is 25.0 Å². The smallest absolute Gasteiger partial charge is 0.408 e. The highest BCUT2D eigenvalue weighted by Gasteiger charge is 2.52. The molecule has 7 atom stereocenters. The topological polar surface area (TPSA) is 129 Å². The van der Waals surface area contributed by atoms with Gasteiger partial charge in [0.2, 0.25) is 11.8 Å². The molecule has 1 saturated heterocycles. The maximum Gasteiger partial charge on any atom is 0.408 e. The molecule has 2 amide bonds. The van der Waals surface area contributed by atoms with Crippen molar-refractivity contribution < 1.29 is 42.1 Å². The lowest BCUT2D eigenvalue weighted by atomic mass is 9.85. The normalized spacial score (nSPS) is 29.3. The van der Waals surface area contributed by atoms with E-state index in [1.165, 1.54) is 12.0 Å². The van der Waals surface area contributed by atoms with Crippen molar-refractivity contribution in [2.24, 2.45) is 29.1 Å². The summed E-state index contributed by atoms with van der Waals surface area (Å²) in [7, 11) is 1.49. The van der Waals surface area contributed by atoms with Crippen molar-refractivity contribution >= 4 is 29.0 Å². The number of nitrogens with zero attached hydrogens (tertiary/aromatic N) is 3. The van der Waals surface area contributed by atoms with E-state index in [2.05, 4.69) is 22.2 Å². The van der Waals surface area contributed by atoms with Crippen LogP contribution in [0.25, 0.3) is 11.0 Å². The lowest BCUT2D eigenvalue weighted by molar-refractivity contribution is -0.156. The maximum absolute atomic E-state index is 16.2. The first-order chi connectivity index (χ1) is 23.5. The van der Waals surface area contributed by atoms with Crippen LogP contribution in [0, 0.1) is 29.1 Å². The van der Waals surface area contributed by atoms with Crippen molar-refractivity contribution in [3.05, 3.63) is 23.9 Å². The van der Waals surface area contributed by atoms with E-state index in [1.807, 2.05) is 34.6 Å². The number of amides is 2. The maximum atomic E-state index is 16.2. The minimum absolute atomic E-state index is 0.00155. The van der Waals surface area contributed by atoms with E-state index in [1.54, 1.807) is 25.1 Å². The fraction of sp³-hybridized carbons (Fsp3) is 0.703. The Bertz CT molecular complexity index is 1560. The van der Waals surface area contributed by atoms with Gasteiger partial charge in [0.05, 0.1) is 31.3 Å². The fourth-order valence-corrected chi connectivity index (χ4v) is 7.40. The van der Waals surface area contributed by atoms with Gasteiger partial charge in [-0.3, -0.25) is 4.79 Å². The Hall–Kier alpha value is -3.77. The number of nitrogens with one attached hydrogen (secondary N) is 1. The number of methoxy groups -OCH3 is 1. The summed E-state index contributed by atoms with van der Waals surface area (Å²) in [6.07, 6.45) is 0.220. The summed E-state index contributed by atoms with van der Waals surface area (Å²) in [5.74, 6) is -4.84. The molecule has 3 heterocycles. The minimum atomic E-state index is -3.40. The first kappa shape index (κ1) is 37.5. The molecule has 1 saturated carbocycles. The summed E-state index contributed by atoms with van der Waals surface area (Å²) < 4.78 is 55.7. The Balaban J connectivity index is 1.60. The molecule has 3 aliphatic rings. The Kier molecular flexibility index (Phi) is 11.1. The zero-order valence-electron chi connectivity index (χ0n) is 30.5. The summed E-state index contributed by atoms with van der Waals surface area (Å²) in [6.45, 7) is 13.0. The first-order valence-corrected chi connectivity index (χ1v) is 17.8.